The molecule has 1 aromatic carbocycles. The van der Waals surface area contributed by atoms with Gasteiger partial charge in [-0.05, 0) is 56.7 Å². The minimum absolute atomic E-state index is 0.177. The summed E-state index contributed by atoms with van der Waals surface area (Å²) in [5, 5.41) is 3.18. The molecule has 162 valence electrons. The molecule has 29 heavy (non-hydrogen) atoms. The first-order chi connectivity index (χ1) is 13.8. The molecule has 1 fully saturated rings. The smallest absolute Gasteiger partial charge is 0.416 e. The van der Waals surface area contributed by atoms with E-state index in [9.17, 15) is 18.0 Å². The number of unbranched alkanes of at least 4 members (excludes halogenated alkanes) is 1. The molecule has 0 unspecified atom stereocenters. The standard InChI is InChI=1S/C20H29F3N4O2/c1-2-29-19(28)27-13-10-17(11-14-27)26-18(24)25-12-4-3-5-15-6-8-16(9-7-15)20(21,22)23/h6-9,17H,2-5,10-14H2,1H3,(H3,24,25,26). The molecule has 1 amide bonds. The van der Waals surface area contributed by atoms with Crippen LogP contribution in [-0.2, 0) is 17.3 Å². The van der Waals surface area contributed by atoms with Gasteiger partial charge in [-0.3, -0.25) is 4.99 Å². The van der Waals surface area contributed by atoms with Crippen LogP contribution in [0.1, 0.15) is 43.7 Å². The summed E-state index contributed by atoms with van der Waals surface area (Å²) in [4.78, 5) is 17.7. The van der Waals surface area contributed by atoms with Crippen LogP contribution in [0.5, 0.6) is 0 Å². The van der Waals surface area contributed by atoms with Crippen molar-refractivity contribution in [2.75, 3.05) is 26.2 Å². The van der Waals surface area contributed by atoms with Crippen molar-refractivity contribution >= 4 is 12.1 Å². The number of nitrogens with zero attached hydrogens (tertiary/aromatic N) is 2. The number of carbonyl (C=O) groups excluding carboxylic acids is 1. The van der Waals surface area contributed by atoms with E-state index in [-0.39, 0.29) is 12.1 Å². The second-order valence-corrected chi connectivity index (χ2v) is 7.02. The number of halogens is 3. The number of benzene rings is 1. The molecule has 9 heteroatoms. The molecule has 1 saturated heterocycles. The average molecular weight is 414 g/mol. The molecule has 0 aliphatic carbocycles. The zero-order chi connectivity index (χ0) is 21.3. The molecule has 6 nitrogen and oxygen atoms in total. The van der Waals surface area contributed by atoms with Crippen molar-refractivity contribution in [3.05, 3.63) is 35.4 Å². The minimum atomic E-state index is -4.30. The van der Waals surface area contributed by atoms with Crippen molar-refractivity contribution in [1.29, 1.82) is 0 Å². The maximum atomic E-state index is 12.5. The quantitative estimate of drug-likeness (QED) is 0.406. The molecule has 1 aromatic rings. The van der Waals surface area contributed by atoms with Gasteiger partial charge in [-0.1, -0.05) is 12.1 Å². The number of ether oxygens (including phenoxy) is 1. The first kappa shape index (κ1) is 22.8. The molecular formula is C20H29F3N4O2. The highest BCUT2D eigenvalue weighted by Gasteiger charge is 2.29. The van der Waals surface area contributed by atoms with E-state index in [4.69, 9.17) is 10.5 Å². The number of amides is 1. The lowest BCUT2D eigenvalue weighted by Gasteiger charge is -2.31. The molecule has 0 spiro atoms. The van der Waals surface area contributed by atoms with Crippen LogP contribution in [0.3, 0.4) is 0 Å². The SMILES string of the molecule is CCOC(=O)N1CCC(NC(N)=NCCCCc2ccc(C(F)(F)F)cc2)CC1. The lowest BCUT2D eigenvalue weighted by atomic mass is 10.1. The van der Waals surface area contributed by atoms with Gasteiger partial charge in [-0.15, -0.1) is 0 Å². The monoisotopic (exact) mass is 414 g/mol. The van der Waals surface area contributed by atoms with E-state index >= 15 is 0 Å². The predicted octanol–water partition coefficient (Wildman–Crippen LogP) is 3.55. The number of guanidine groups is 1. The van der Waals surface area contributed by atoms with Gasteiger partial charge >= 0.3 is 12.3 Å². The van der Waals surface area contributed by atoms with Crippen LogP contribution in [-0.4, -0.2) is 49.2 Å². The van der Waals surface area contributed by atoms with Crippen molar-refractivity contribution in [2.24, 2.45) is 10.7 Å². The number of alkyl halides is 3. The zero-order valence-electron chi connectivity index (χ0n) is 16.7. The Morgan fingerprint density at radius 1 is 1.24 bits per heavy atom. The Morgan fingerprint density at radius 3 is 2.48 bits per heavy atom. The molecule has 0 saturated carbocycles. The summed E-state index contributed by atoms with van der Waals surface area (Å²) in [6.45, 7) is 3.96. The van der Waals surface area contributed by atoms with Crippen LogP contribution >= 0.6 is 0 Å². The Bertz CT molecular complexity index is 669. The maximum Gasteiger partial charge on any atom is 0.416 e. The third-order valence-corrected chi connectivity index (χ3v) is 4.81. The van der Waals surface area contributed by atoms with Crippen LogP contribution < -0.4 is 11.1 Å². The van der Waals surface area contributed by atoms with Gasteiger partial charge in [-0.2, -0.15) is 13.2 Å². The van der Waals surface area contributed by atoms with Crippen molar-refractivity contribution in [2.45, 2.75) is 51.2 Å². The lowest BCUT2D eigenvalue weighted by Crippen LogP contribution is -2.48. The van der Waals surface area contributed by atoms with Gasteiger partial charge in [0.2, 0.25) is 0 Å². The number of aryl methyl sites for hydroxylation is 1. The Labute approximate surface area is 169 Å². The Morgan fingerprint density at radius 2 is 1.90 bits per heavy atom. The van der Waals surface area contributed by atoms with Gasteiger partial charge in [-0.25, -0.2) is 4.79 Å². The normalized spacial score (nSPS) is 16.0. The number of likely N-dealkylation sites (tertiary alicyclic amines) is 1. The molecule has 3 N–H and O–H groups in total. The van der Waals surface area contributed by atoms with Gasteiger partial charge < -0.3 is 20.7 Å². The third-order valence-electron chi connectivity index (χ3n) is 4.81. The number of hydrogen-bond acceptors (Lipinski definition) is 3. The summed E-state index contributed by atoms with van der Waals surface area (Å²) in [7, 11) is 0. The highest BCUT2D eigenvalue weighted by Crippen LogP contribution is 2.29. The Kier molecular flexibility index (Phi) is 8.60. The van der Waals surface area contributed by atoms with E-state index in [0.717, 1.165) is 43.4 Å². The summed E-state index contributed by atoms with van der Waals surface area (Å²) in [5.74, 6) is 0.383. The fraction of sp³-hybridized carbons (Fsp3) is 0.600. The van der Waals surface area contributed by atoms with Gasteiger partial charge in [0.15, 0.2) is 5.96 Å². The molecular weight excluding hydrogens is 385 g/mol. The molecule has 0 bridgehead atoms. The number of rotatable bonds is 7. The number of hydrogen-bond donors (Lipinski definition) is 2. The van der Waals surface area contributed by atoms with Gasteiger partial charge in [0.1, 0.15) is 0 Å². The van der Waals surface area contributed by atoms with Gasteiger partial charge in [0.05, 0.1) is 12.2 Å². The van der Waals surface area contributed by atoms with Crippen molar-refractivity contribution in [3.63, 3.8) is 0 Å². The fourth-order valence-electron chi connectivity index (χ4n) is 3.18. The minimum Gasteiger partial charge on any atom is -0.450 e. The summed E-state index contributed by atoms with van der Waals surface area (Å²) >= 11 is 0. The average Bonchev–Trinajstić information content (AvgIpc) is 2.68. The van der Waals surface area contributed by atoms with Crippen molar-refractivity contribution < 1.29 is 22.7 Å². The molecule has 1 heterocycles. The van der Waals surface area contributed by atoms with Crippen LogP contribution in [0, 0.1) is 0 Å². The number of piperidine rings is 1. The van der Waals surface area contributed by atoms with Crippen molar-refractivity contribution in [1.82, 2.24) is 10.2 Å². The van der Waals surface area contributed by atoms with E-state index in [1.807, 2.05) is 0 Å². The molecule has 0 atom stereocenters. The number of nitrogens with two attached hydrogens (primary N) is 1. The highest BCUT2D eigenvalue weighted by atomic mass is 19.4. The van der Waals surface area contributed by atoms with E-state index in [0.29, 0.717) is 38.6 Å². The lowest BCUT2D eigenvalue weighted by molar-refractivity contribution is -0.137. The largest absolute Gasteiger partial charge is 0.450 e. The maximum absolute atomic E-state index is 12.5. The molecule has 0 radical (unpaired) electrons. The first-order valence-corrected chi connectivity index (χ1v) is 9.94. The zero-order valence-corrected chi connectivity index (χ0v) is 16.7. The highest BCUT2D eigenvalue weighted by molar-refractivity contribution is 5.78. The van der Waals surface area contributed by atoms with Crippen molar-refractivity contribution in [3.8, 4) is 0 Å². The van der Waals surface area contributed by atoms with Crippen LogP contribution in [0.25, 0.3) is 0 Å². The van der Waals surface area contributed by atoms with E-state index in [2.05, 4.69) is 10.3 Å². The molecule has 1 aliphatic heterocycles. The number of carbonyl (C=O) groups is 1. The number of nitrogens with one attached hydrogen (secondary N) is 1. The summed E-state index contributed by atoms with van der Waals surface area (Å²) in [6, 6.07) is 5.44. The second kappa shape index (κ2) is 10.9. The van der Waals surface area contributed by atoms with Gasteiger partial charge in [0, 0.05) is 25.7 Å². The van der Waals surface area contributed by atoms with Crippen LogP contribution in [0.2, 0.25) is 0 Å². The summed E-state index contributed by atoms with van der Waals surface area (Å²) in [6.07, 6.45) is -0.697. The first-order valence-electron chi connectivity index (χ1n) is 9.94. The second-order valence-electron chi connectivity index (χ2n) is 7.02. The fourth-order valence-corrected chi connectivity index (χ4v) is 3.18. The molecule has 2 rings (SSSR count). The Hall–Kier alpha value is -2.45. The summed E-state index contributed by atoms with van der Waals surface area (Å²) < 4.78 is 42.6. The predicted molar refractivity (Wildman–Crippen MR) is 106 cm³/mol. The Balaban J connectivity index is 1.62. The summed E-state index contributed by atoms with van der Waals surface area (Å²) in [5.41, 5.74) is 6.17. The third kappa shape index (κ3) is 7.83. The van der Waals surface area contributed by atoms with Gasteiger partial charge in [0.25, 0.3) is 0 Å². The van der Waals surface area contributed by atoms with E-state index < -0.39 is 11.7 Å². The molecule has 1 aliphatic rings. The topological polar surface area (TPSA) is 80.0 Å². The number of aliphatic imine (C=N–C) groups is 1. The van der Waals surface area contributed by atoms with Crippen LogP contribution in [0.4, 0.5) is 18.0 Å². The van der Waals surface area contributed by atoms with E-state index in [1.54, 1.807) is 11.8 Å². The van der Waals surface area contributed by atoms with Crippen LogP contribution in [0.15, 0.2) is 29.3 Å². The van der Waals surface area contributed by atoms with E-state index in [1.165, 1.54) is 12.1 Å². The molecule has 0 aromatic heterocycles.